The first kappa shape index (κ1) is 19.0. The Morgan fingerprint density at radius 1 is 1.29 bits per heavy atom. The molecule has 4 rings (SSSR count). The fraction of sp³-hybridized carbons (Fsp3) is 0.190. The molecule has 0 bridgehead atoms. The molecule has 0 aliphatic carbocycles. The molecule has 2 aliphatic rings. The van der Waals surface area contributed by atoms with E-state index in [2.05, 4.69) is 27.3 Å². The number of hydrogen-bond donors (Lipinski definition) is 1. The molecule has 7 heteroatoms. The van der Waals surface area contributed by atoms with E-state index in [1.165, 1.54) is 11.8 Å². The highest BCUT2D eigenvalue weighted by molar-refractivity contribution is 9.10. The minimum atomic E-state index is -0.373. The first-order valence-corrected chi connectivity index (χ1v) is 10.8. The van der Waals surface area contributed by atoms with Crippen molar-refractivity contribution in [3.8, 4) is 0 Å². The summed E-state index contributed by atoms with van der Waals surface area (Å²) in [5.41, 5.74) is 2.63. The Labute approximate surface area is 176 Å². The number of amidine groups is 1. The van der Waals surface area contributed by atoms with Gasteiger partial charge in [0.15, 0.2) is 11.3 Å². The predicted octanol–water partition coefficient (Wildman–Crippen LogP) is 3.08. The Morgan fingerprint density at radius 2 is 2.07 bits per heavy atom. The van der Waals surface area contributed by atoms with E-state index in [-0.39, 0.29) is 12.1 Å². The minimum Gasteiger partial charge on any atom is -0.298 e. The summed E-state index contributed by atoms with van der Waals surface area (Å²) in [6.07, 6.45) is 1.71. The Balaban J connectivity index is 1.90. The van der Waals surface area contributed by atoms with E-state index in [1.807, 2.05) is 62.4 Å². The number of amides is 1. The molecule has 1 N–H and O–H groups in total. The lowest BCUT2D eigenvalue weighted by Gasteiger charge is -2.34. The summed E-state index contributed by atoms with van der Waals surface area (Å²) in [4.78, 5) is 17.9. The maximum Gasteiger partial charge on any atom is 0.276 e. The lowest BCUT2D eigenvalue weighted by molar-refractivity contribution is -0.116. The number of carbonyl (C=O) groups is 1. The maximum atomic E-state index is 13.0. The van der Waals surface area contributed by atoms with Crippen molar-refractivity contribution >= 4 is 50.5 Å². The van der Waals surface area contributed by atoms with Crippen LogP contribution in [0.2, 0.25) is 0 Å². The van der Waals surface area contributed by atoms with Crippen LogP contribution in [0.15, 0.2) is 68.7 Å². The van der Waals surface area contributed by atoms with Gasteiger partial charge in [-0.05, 0) is 42.0 Å². The van der Waals surface area contributed by atoms with Crippen LogP contribution in [0, 0.1) is 0 Å². The highest BCUT2D eigenvalue weighted by Crippen LogP contribution is 2.25. The van der Waals surface area contributed by atoms with Crippen LogP contribution in [0.3, 0.4) is 0 Å². The molecule has 5 nitrogen and oxygen atoms in total. The molecule has 28 heavy (non-hydrogen) atoms. The smallest absolute Gasteiger partial charge is 0.276 e. The quantitative estimate of drug-likeness (QED) is 0.774. The predicted molar refractivity (Wildman–Crippen MR) is 118 cm³/mol. The van der Waals surface area contributed by atoms with Crippen molar-refractivity contribution in [3.63, 3.8) is 0 Å². The highest BCUT2D eigenvalue weighted by atomic mass is 79.9. The number of fused-ring (bicyclic) bond motifs is 2. The van der Waals surface area contributed by atoms with E-state index in [4.69, 9.17) is 10.1 Å². The summed E-state index contributed by atoms with van der Waals surface area (Å²) < 4.78 is 0.898. The lowest BCUT2D eigenvalue weighted by Crippen LogP contribution is -2.53. The van der Waals surface area contributed by atoms with Gasteiger partial charge in [-0.15, -0.1) is 5.10 Å². The van der Waals surface area contributed by atoms with E-state index < -0.39 is 0 Å². The molecule has 2 aromatic carbocycles. The largest absolute Gasteiger partial charge is 0.298 e. The SMILES string of the molecule is CCSC1=NN2C(=c3cc(Br)ccc3=N[C@H]2/C(C)=C/c2ccccc2)C(=O)N1. The maximum absolute atomic E-state index is 13.0. The first-order valence-electron chi connectivity index (χ1n) is 8.99. The molecule has 2 aromatic rings. The highest BCUT2D eigenvalue weighted by Gasteiger charge is 2.34. The van der Waals surface area contributed by atoms with Crippen molar-refractivity contribution in [2.24, 2.45) is 10.1 Å². The minimum absolute atomic E-state index is 0.155. The zero-order valence-corrected chi connectivity index (χ0v) is 17.9. The Bertz CT molecular complexity index is 1110. The third-order valence-electron chi connectivity index (χ3n) is 4.45. The molecule has 0 fully saturated rings. The molecular formula is C21H19BrN4OS. The average molecular weight is 455 g/mol. The van der Waals surface area contributed by atoms with Gasteiger partial charge in [0, 0.05) is 9.69 Å². The van der Waals surface area contributed by atoms with E-state index in [0.29, 0.717) is 10.9 Å². The van der Waals surface area contributed by atoms with Crippen molar-refractivity contribution in [2.45, 2.75) is 20.0 Å². The van der Waals surface area contributed by atoms with Crippen LogP contribution in [0.4, 0.5) is 0 Å². The van der Waals surface area contributed by atoms with E-state index >= 15 is 0 Å². The molecule has 2 heterocycles. The number of nitrogens with one attached hydrogen (secondary N) is 1. The van der Waals surface area contributed by atoms with Crippen molar-refractivity contribution in [3.05, 3.63) is 74.7 Å². The molecule has 0 aromatic heterocycles. The zero-order valence-electron chi connectivity index (χ0n) is 15.5. The Hall–Kier alpha value is -2.38. The first-order chi connectivity index (χ1) is 13.6. The van der Waals surface area contributed by atoms with Crippen molar-refractivity contribution < 1.29 is 4.79 Å². The van der Waals surface area contributed by atoms with Gasteiger partial charge in [-0.1, -0.05) is 71.0 Å². The zero-order chi connectivity index (χ0) is 19.7. The number of benzene rings is 2. The molecule has 1 amide bonds. The van der Waals surface area contributed by atoms with Crippen molar-refractivity contribution in [1.29, 1.82) is 0 Å². The topological polar surface area (TPSA) is 57.1 Å². The summed E-state index contributed by atoms with van der Waals surface area (Å²) in [6, 6.07) is 15.9. The fourth-order valence-corrected chi connectivity index (χ4v) is 4.18. The van der Waals surface area contributed by atoms with Crippen LogP contribution in [-0.4, -0.2) is 28.0 Å². The van der Waals surface area contributed by atoms with Crippen molar-refractivity contribution in [1.82, 2.24) is 10.3 Å². The average Bonchev–Trinajstić information content (AvgIpc) is 2.68. The summed E-state index contributed by atoms with van der Waals surface area (Å²) >= 11 is 5.00. The summed E-state index contributed by atoms with van der Waals surface area (Å²) in [5.74, 6) is 0.670. The number of nitrogens with zero attached hydrogens (tertiary/aromatic N) is 3. The molecule has 0 saturated heterocycles. The van der Waals surface area contributed by atoms with Gasteiger partial charge in [-0.25, -0.2) is 5.01 Å². The number of halogens is 1. The van der Waals surface area contributed by atoms with Crippen LogP contribution >= 0.6 is 27.7 Å². The number of hydrazone groups is 1. The number of thioether (sulfide) groups is 1. The molecule has 1 atom stereocenters. The van der Waals surface area contributed by atoms with Gasteiger partial charge in [-0.3, -0.25) is 15.1 Å². The fourth-order valence-electron chi connectivity index (χ4n) is 3.24. The van der Waals surface area contributed by atoms with Gasteiger partial charge >= 0.3 is 0 Å². The summed E-state index contributed by atoms with van der Waals surface area (Å²) in [6.45, 7) is 4.06. The van der Waals surface area contributed by atoms with E-state index in [9.17, 15) is 4.79 Å². The van der Waals surface area contributed by atoms with Crippen LogP contribution < -0.4 is 15.9 Å². The Kier molecular flexibility index (Phi) is 5.37. The van der Waals surface area contributed by atoms with Gasteiger partial charge < -0.3 is 0 Å². The van der Waals surface area contributed by atoms with Gasteiger partial charge in [0.05, 0.1) is 5.36 Å². The number of rotatable bonds is 3. The molecule has 0 radical (unpaired) electrons. The van der Waals surface area contributed by atoms with Gasteiger partial charge in [-0.2, -0.15) is 0 Å². The summed E-state index contributed by atoms with van der Waals surface area (Å²) in [5, 5.41) is 11.5. The van der Waals surface area contributed by atoms with Crippen molar-refractivity contribution in [2.75, 3.05) is 5.75 Å². The van der Waals surface area contributed by atoms with Crippen LogP contribution in [0.1, 0.15) is 19.4 Å². The summed E-state index contributed by atoms with van der Waals surface area (Å²) in [7, 11) is 0. The lowest BCUT2D eigenvalue weighted by atomic mass is 10.1. The molecular weight excluding hydrogens is 436 g/mol. The molecule has 0 unspecified atom stereocenters. The van der Waals surface area contributed by atoms with Crippen LogP contribution in [-0.2, 0) is 4.79 Å². The number of carbonyl (C=O) groups excluding carboxylic acids is 1. The van der Waals surface area contributed by atoms with Gasteiger partial charge in [0.1, 0.15) is 5.70 Å². The molecule has 142 valence electrons. The standard InChI is InChI=1S/C21H19BrN4OS/c1-3-28-21-24-20(27)18-16-12-15(22)9-10-17(16)23-19(26(18)25-21)13(2)11-14-7-5-4-6-8-14/h4-12,19H,3H2,1-2H3,(H,24,25,27)/b13-11+/t19-/m1/s1. The second-order valence-corrected chi connectivity index (χ2v) is 8.62. The molecule has 0 saturated carbocycles. The van der Waals surface area contributed by atoms with E-state index in [1.54, 1.807) is 5.01 Å². The normalized spacial score (nSPS) is 18.7. The van der Waals surface area contributed by atoms with Crippen LogP contribution in [0.5, 0.6) is 0 Å². The monoisotopic (exact) mass is 454 g/mol. The second-order valence-electron chi connectivity index (χ2n) is 6.45. The molecule has 0 spiro atoms. The Morgan fingerprint density at radius 3 is 2.82 bits per heavy atom. The molecule has 2 aliphatic heterocycles. The second kappa shape index (κ2) is 7.93. The third kappa shape index (κ3) is 3.64. The third-order valence-corrected chi connectivity index (χ3v) is 5.69. The number of hydrogen-bond acceptors (Lipinski definition) is 5. The van der Waals surface area contributed by atoms with Gasteiger partial charge in [0.2, 0.25) is 0 Å². The van der Waals surface area contributed by atoms with E-state index in [0.717, 1.165) is 31.9 Å². The van der Waals surface area contributed by atoms with Gasteiger partial charge in [0.25, 0.3) is 5.91 Å². The van der Waals surface area contributed by atoms with Crippen LogP contribution in [0.25, 0.3) is 11.8 Å².